The molecular formula is C13H18N2O2S. The van der Waals surface area contributed by atoms with Crippen molar-refractivity contribution in [2.24, 2.45) is 0 Å². The Bertz CT molecular complexity index is 446. The smallest absolute Gasteiger partial charge is 0.233 e. The summed E-state index contributed by atoms with van der Waals surface area (Å²) in [5, 5.41) is 0.450. The molecule has 0 aliphatic rings. The van der Waals surface area contributed by atoms with E-state index in [1.54, 1.807) is 12.0 Å². The van der Waals surface area contributed by atoms with Crippen LogP contribution in [0.1, 0.15) is 13.3 Å². The van der Waals surface area contributed by atoms with Gasteiger partial charge in [-0.15, -0.1) is 0 Å². The molecule has 1 rings (SSSR count). The number of nitrogens with zero attached hydrogens (tertiary/aromatic N) is 2. The van der Waals surface area contributed by atoms with Gasteiger partial charge in [0.2, 0.25) is 5.91 Å². The van der Waals surface area contributed by atoms with Gasteiger partial charge in [0.1, 0.15) is 5.75 Å². The zero-order valence-corrected chi connectivity index (χ0v) is 12.0. The normalized spacial score (nSPS) is 9.78. The summed E-state index contributed by atoms with van der Waals surface area (Å²) in [5.74, 6) is 0.571. The molecule has 0 N–H and O–H groups in total. The molecule has 0 radical (unpaired) electrons. The number of hydrogen-bond donors (Lipinski definition) is 0. The molecule has 98 valence electrons. The molecule has 0 atom stereocenters. The first kappa shape index (κ1) is 14.4. The molecule has 0 aromatic heterocycles. The Morgan fingerprint density at radius 3 is 2.44 bits per heavy atom. The topological polar surface area (TPSA) is 32.8 Å². The first-order valence-electron chi connectivity index (χ1n) is 5.70. The lowest BCUT2D eigenvalue weighted by Crippen LogP contribution is -2.43. The second-order valence-electron chi connectivity index (χ2n) is 3.93. The molecule has 0 spiro atoms. The van der Waals surface area contributed by atoms with Crippen molar-refractivity contribution in [1.29, 1.82) is 0 Å². The molecule has 4 nitrogen and oxygen atoms in total. The fraction of sp³-hybridized carbons (Fsp3) is 0.385. The quantitative estimate of drug-likeness (QED) is 0.786. The Morgan fingerprint density at radius 1 is 1.33 bits per heavy atom. The number of ether oxygens (including phenoxy) is 1. The number of carbonyl (C=O) groups excluding carboxylic acids is 1. The predicted octanol–water partition coefficient (Wildman–Crippen LogP) is 2.28. The van der Waals surface area contributed by atoms with Gasteiger partial charge < -0.3 is 9.64 Å². The molecule has 0 fully saturated rings. The van der Waals surface area contributed by atoms with Crippen molar-refractivity contribution in [1.82, 2.24) is 4.90 Å². The third-order valence-corrected chi connectivity index (χ3v) is 3.00. The van der Waals surface area contributed by atoms with E-state index >= 15 is 0 Å². The number of methoxy groups -OCH3 is 1. The second-order valence-corrected chi connectivity index (χ2v) is 4.30. The number of amides is 1. The molecule has 1 aromatic rings. The van der Waals surface area contributed by atoms with Gasteiger partial charge in [-0.25, -0.2) is 0 Å². The summed E-state index contributed by atoms with van der Waals surface area (Å²) < 4.78 is 5.28. The minimum atomic E-state index is -0.0572. The van der Waals surface area contributed by atoms with Crippen LogP contribution in [0.2, 0.25) is 0 Å². The van der Waals surface area contributed by atoms with Gasteiger partial charge in [0, 0.05) is 20.5 Å². The summed E-state index contributed by atoms with van der Waals surface area (Å²) >= 11 is 5.31. The molecule has 1 aromatic carbocycles. The van der Waals surface area contributed by atoms with Gasteiger partial charge in [-0.3, -0.25) is 9.69 Å². The van der Waals surface area contributed by atoms with Crippen LogP contribution in [0.4, 0.5) is 5.69 Å². The van der Waals surface area contributed by atoms with Crippen LogP contribution in [-0.4, -0.2) is 37.1 Å². The standard InChI is InChI=1S/C13H18N2O2S/c1-5-12(16)15(13(18)14(2)3)10-8-6-7-9-11(10)17-4/h6-9H,5H2,1-4H3. The molecule has 18 heavy (non-hydrogen) atoms. The third-order valence-electron chi connectivity index (χ3n) is 2.45. The molecule has 5 heteroatoms. The lowest BCUT2D eigenvalue weighted by molar-refractivity contribution is -0.117. The largest absolute Gasteiger partial charge is 0.495 e. The highest BCUT2D eigenvalue weighted by Gasteiger charge is 2.23. The van der Waals surface area contributed by atoms with Gasteiger partial charge >= 0.3 is 0 Å². The molecule has 0 saturated carbocycles. The Hall–Kier alpha value is -1.62. The number of carbonyl (C=O) groups is 1. The lowest BCUT2D eigenvalue weighted by Gasteiger charge is -2.28. The van der Waals surface area contributed by atoms with Crippen molar-refractivity contribution in [3.8, 4) is 5.75 Å². The summed E-state index contributed by atoms with van der Waals surface area (Å²) in [6.07, 6.45) is 0.381. The van der Waals surface area contributed by atoms with Crippen LogP contribution in [0.5, 0.6) is 5.75 Å². The second kappa shape index (κ2) is 6.35. The maximum atomic E-state index is 12.1. The van der Waals surface area contributed by atoms with Crippen LogP contribution >= 0.6 is 12.2 Å². The fourth-order valence-electron chi connectivity index (χ4n) is 1.52. The van der Waals surface area contributed by atoms with Crippen molar-refractivity contribution in [3.63, 3.8) is 0 Å². The Kier molecular flexibility index (Phi) is 5.09. The van der Waals surface area contributed by atoms with Crippen LogP contribution < -0.4 is 9.64 Å². The maximum Gasteiger partial charge on any atom is 0.233 e. The van der Waals surface area contributed by atoms with Crippen molar-refractivity contribution >= 4 is 28.9 Å². The fourth-order valence-corrected chi connectivity index (χ4v) is 1.72. The highest BCUT2D eigenvalue weighted by atomic mass is 32.1. The van der Waals surface area contributed by atoms with Crippen LogP contribution in [-0.2, 0) is 4.79 Å². The summed E-state index contributed by atoms with van der Waals surface area (Å²) in [4.78, 5) is 15.3. The van der Waals surface area contributed by atoms with Crippen molar-refractivity contribution in [2.75, 3.05) is 26.1 Å². The average molecular weight is 266 g/mol. The molecule has 0 heterocycles. The maximum absolute atomic E-state index is 12.1. The molecule has 0 aliphatic carbocycles. The number of benzene rings is 1. The minimum Gasteiger partial charge on any atom is -0.495 e. The molecule has 0 saturated heterocycles. The van der Waals surface area contributed by atoms with E-state index in [9.17, 15) is 4.79 Å². The number of thiocarbonyl (C=S) groups is 1. The van der Waals surface area contributed by atoms with Crippen LogP contribution in [0.15, 0.2) is 24.3 Å². The molecule has 0 unspecified atom stereocenters. The molecular weight excluding hydrogens is 248 g/mol. The van der Waals surface area contributed by atoms with Crippen molar-refractivity contribution in [3.05, 3.63) is 24.3 Å². The first-order chi connectivity index (χ1) is 8.52. The summed E-state index contributed by atoms with van der Waals surface area (Å²) in [6, 6.07) is 7.34. The molecule has 0 aliphatic heterocycles. The number of rotatable bonds is 3. The summed E-state index contributed by atoms with van der Waals surface area (Å²) in [5.41, 5.74) is 0.672. The third kappa shape index (κ3) is 2.98. The SMILES string of the molecule is CCC(=O)N(C(=S)N(C)C)c1ccccc1OC. The van der Waals surface area contributed by atoms with E-state index in [1.807, 2.05) is 45.3 Å². The van der Waals surface area contributed by atoms with E-state index in [0.29, 0.717) is 23.0 Å². The molecule has 1 amide bonds. The van der Waals surface area contributed by atoms with Gasteiger partial charge in [0.05, 0.1) is 12.8 Å². The monoisotopic (exact) mass is 266 g/mol. The van der Waals surface area contributed by atoms with Gasteiger partial charge in [-0.05, 0) is 24.4 Å². The Morgan fingerprint density at radius 2 is 1.94 bits per heavy atom. The summed E-state index contributed by atoms with van der Waals surface area (Å²) in [7, 11) is 5.20. The van der Waals surface area contributed by atoms with Crippen LogP contribution in [0.25, 0.3) is 0 Å². The van der Waals surface area contributed by atoms with Crippen LogP contribution in [0, 0.1) is 0 Å². The van der Waals surface area contributed by atoms with E-state index in [4.69, 9.17) is 17.0 Å². The summed E-state index contributed by atoms with van der Waals surface area (Å²) in [6.45, 7) is 1.81. The first-order valence-corrected chi connectivity index (χ1v) is 6.11. The van der Waals surface area contributed by atoms with Crippen molar-refractivity contribution < 1.29 is 9.53 Å². The highest BCUT2D eigenvalue weighted by Crippen LogP contribution is 2.28. The zero-order valence-electron chi connectivity index (χ0n) is 11.1. The number of hydrogen-bond acceptors (Lipinski definition) is 3. The number of anilines is 1. The van der Waals surface area contributed by atoms with E-state index in [0.717, 1.165) is 0 Å². The Labute approximate surface area is 113 Å². The van der Waals surface area contributed by atoms with Gasteiger partial charge in [0.25, 0.3) is 0 Å². The van der Waals surface area contributed by atoms with E-state index < -0.39 is 0 Å². The minimum absolute atomic E-state index is 0.0572. The number of para-hydroxylation sites is 2. The zero-order chi connectivity index (χ0) is 13.7. The van der Waals surface area contributed by atoms with E-state index in [-0.39, 0.29) is 5.91 Å². The van der Waals surface area contributed by atoms with Gasteiger partial charge in [0.15, 0.2) is 5.11 Å². The Balaban J connectivity index is 3.26. The average Bonchev–Trinajstić information content (AvgIpc) is 2.39. The predicted molar refractivity (Wildman–Crippen MR) is 77.1 cm³/mol. The lowest BCUT2D eigenvalue weighted by atomic mass is 10.2. The van der Waals surface area contributed by atoms with Gasteiger partial charge in [-0.2, -0.15) is 0 Å². The molecule has 0 bridgehead atoms. The van der Waals surface area contributed by atoms with Gasteiger partial charge in [-0.1, -0.05) is 19.1 Å². The highest BCUT2D eigenvalue weighted by molar-refractivity contribution is 7.80. The van der Waals surface area contributed by atoms with Crippen molar-refractivity contribution in [2.45, 2.75) is 13.3 Å². The van der Waals surface area contributed by atoms with E-state index in [2.05, 4.69) is 0 Å². The van der Waals surface area contributed by atoms with E-state index in [1.165, 1.54) is 4.90 Å². The van der Waals surface area contributed by atoms with Crippen LogP contribution in [0.3, 0.4) is 0 Å².